The van der Waals surface area contributed by atoms with E-state index in [4.69, 9.17) is 12.2 Å². The number of hydrogen-bond donors (Lipinski definition) is 2. The topological polar surface area (TPSA) is 36.4 Å². The molecule has 1 aromatic carbocycles. The summed E-state index contributed by atoms with van der Waals surface area (Å²) in [5.41, 5.74) is 3.96. The van der Waals surface area contributed by atoms with Gasteiger partial charge < -0.3 is 5.32 Å². The van der Waals surface area contributed by atoms with Crippen molar-refractivity contribution >= 4 is 35.3 Å². The molecule has 1 aliphatic rings. The van der Waals surface area contributed by atoms with Crippen molar-refractivity contribution in [1.82, 2.24) is 10.7 Å². The van der Waals surface area contributed by atoms with Crippen LogP contribution in [-0.4, -0.2) is 23.6 Å². The second kappa shape index (κ2) is 8.27. The Hall–Kier alpha value is -1.07. The van der Waals surface area contributed by atoms with Crippen molar-refractivity contribution in [3.63, 3.8) is 0 Å². The number of benzene rings is 1. The van der Waals surface area contributed by atoms with Crippen molar-refractivity contribution in [2.45, 2.75) is 43.0 Å². The van der Waals surface area contributed by atoms with Crippen LogP contribution in [0.5, 0.6) is 0 Å². The van der Waals surface area contributed by atoms with Gasteiger partial charge in [-0.25, -0.2) is 0 Å². The molecule has 0 aliphatic heterocycles. The van der Waals surface area contributed by atoms with Gasteiger partial charge in [0, 0.05) is 10.9 Å². The molecule has 0 bridgehead atoms. The van der Waals surface area contributed by atoms with Gasteiger partial charge in [0.25, 0.3) is 0 Å². The van der Waals surface area contributed by atoms with Crippen LogP contribution in [0.4, 0.5) is 0 Å². The first-order valence-electron chi connectivity index (χ1n) is 7.01. The van der Waals surface area contributed by atoms with Crippen LogP contribution >= 0.6 is 24.0 Å². The number of hydrogen-bond acceptors (Lipinski definition) is 3. The van der Waals surface area contributed by atoms with E-state index in [2.05, 4.69) is 46.4 Å². The average molecular weight is 307 g/mol. The fraction of sp³-hybridized carbons (Fsp3) is 0.467. The summed E-state index contributed by atoms with van der Waals surface area (Å²) in [4.78, 5) is 1.25. The molecule has 0 spiro atoms. The van der Waals surface area contributed by atoms with Crippen LogP contribution < -0.4 is 10.7 Å². The van der Waals surface area contributed by atoms with Gasteiger partial charge in [-0.15, -0.1) is 11.8 Å². The molecule has 5 heteroatoms. The smallest absolute Gasteiger partial charge is 0.187 e. The first-order chi connectivity index (χ1) is 9.78. The van der Waals surface area contributed by atoms with E-state index in [1.165, 1.54) is 37.0 Å². The quantitative estimate of drug-likeness (QED) is 0.386. The predicted molar refractivity (Wildman–Crippen MR) is 91.6 cm³/mol. The highest BCUT2D eigenvalue weighted by Crippen LogP contribution is 2.17. The third kappa shape index (κ3) is 5.13. The summed E-state index contributed by atoms with van der Waals surface area (Å²) in [5.74, 6) is 0. The molecule has 0 amide bonds. The summed E-state index contributed by atoms with van der Waals surface area (Å²) in [6.45, 7) is 0. The molecule has 1 saturated carbocycles. The Labute approximate surface area is 130 Å². The minimum atomic E-state index is 0.514. The molecule has 20 heavy (non-hydrogen) atoms. The summed E-state index contributed by atoms with van der Waals surface area (Å²) in [7, 11) is 0. The van der Waals surface area contributed by atoms with Gasteiger partial charge >= 0.3 is 0 Å². The van der Waals surface area contributed by atoms with Gasteiger partial charge in [0.2, 0.25) is 0 Å². The molecule has 2 rings (SSSR count). The molecule has 0 saturated heterocycles. The van der Waals surface area contributed by atoms with E-state index in [0.717, 1.165) is 5.56 Å². The van der Waals surface area contributed by atoms with Gasteiger partial charge in [0.05, 0.1) is 6.21 Å². The Kier molecular flexibility index (Phi) is 6.33. The van der Waals surface area contributed by atoms with Gasteiger partial charge in [0.1, 0.15) is 0 Å². The lowest BCUT2D eigenvalue weighted by molar-refractivity contribution is 0.412. The fourth-order valence-corrected chi connectivity index (χ4v) is 2.95. The third-order valence-electron chi connectivity index (χ3n) is 3.44. The Morgan fingerprint density at radius 1 is 1.25 bits per heavy atom. The lowest BCUT2D eigenvalue weighted by Crippen LogP contribution is -2.40. The summed E-state index contributed by atoms with van der Waals surface area (Å²) < 4.78 is 0. The number of thioether (sulfide) groups is 1. The Morgan fingerprint density at radius 3 is 2.60 bits per heavy atom. The molecule has 1 aliphatic carbocycles. The number of hydrazone groups is 1. The minimum absolute atomic E-state index is 0.514. The van der Waals surface area contributed by atoms with Crippen LogP contribution in [0.1, 0.15) is 37.7 Å². The van der Waals surface area contributed by atoms with Crippen molar-refractivity contribution in [2.75, 3.05) is 6.26 Å². The molecule has 0 aromatic heterocycles. The summed E-state index contributed by atoms with van der Waals surface area (Å²) in [6.07, 6.45) is 10.2. The molecular weight excluding hydrogens is 286 g/mol. The monoisotopic (exact) mass is 307 g/mol. The van der Waals surface area contributed by atoms with Crippen molar-refractivity contribution in [3.8, 4) is 0 Å². The average Bonchev–Trinajstić information content (AvgIpc) is 2.49. The zero-order chi connectivity index (χ0) is 14.2. The van der Waals surface area contributed by atoms with Crippen molar-refractivity contribution in [2.24, 2.45) is 5.10 Å². The van der Waals surface area contributed by atoms with Gasteiger partial charge in [-0.1, -0.05) is 31.4 Å². The first kappa shape index (κ1) is 15.3. The van der Waals surface area contributed by atoms with E-state index in [1.807, 2.05) is 0 Å². The van der Waals surface area contributed by atoms with Crippen LogP contribution in [0.3, 0.4) is 0 Å². The van der Waals surface area contributed by atoms with E-state index < -0.39 is 0 Å². The molecule has 3 nitrogen and oxygen atoms in total. The van der Waals surface area contributed by atoms with E-state index in [-0.39, 0.29) is 0 Å². The molecule has 1 fully saturated rings. The zero-order valence-corrected chi connectivity index (χ0v) is 13.4. The maximum absolute atomic E-state index is 5.25. The molecular formula is C15H21N3S2. The van der Waals surface area contributed by atoms with Crippen molar-refractivity contribution < 1.29 is 0 Å². The number of nitrogens with one attached hydrogen (secondary N) is 2. The van der Waals surface area contributed by atoms with Crippen molar-refractivity contribution in [1.29, 1.82) is 0 Å². The first-order valence-corrected chi connectivity index (χ1v) is 8.65. The van der Waals surface area contributed by atoms with E-state index >= 15 is 0 Å². The van der Waals surface area contributed by atoms with Crippen LogP contribution in [0, 0.1) is 0 Å². The van der Waals surface area contributed by atoms with Crippen LogP contribution in [0.15, 0.2) is 34.3 Å². The lowest BCUT2D eigenvalue weighted by atomic mass is 9.96. The summed E-state index contributed by atoms with van der Waals surface area (Å²) in [5, 5.41) is 8.12. The van der Waals surface area contributed by atoms with Gasteiger partial charge in [-0.05, 0) is 49.0 Å². The summed E-state index contributed by atoms with van der Waals surface area (Å²) >= 11 is 6.99. The van der Waals surface area contributed by atoms with Crippen LogP contribution in [0.2, 0.25) is 0 Å². The maximum Gasteiger partial charge on any atom is 0.187 e. The lowest BCUT2D eigenvalue weighted by Gasteiger charge is -2.23. The molecule has 0 atom stereocenters. The van der Waals surface area contributed by atoms with E-state index in [9.17, 15) is 0 Å². The maximum atomic E-state index is 5.25. The molecule has 0 unspecified atom stereocenters. The van der Waals surface area contributed by atoms with Gasteiger partial charge in [-0.2, -0.15) is 5.10 Å². The summed E-state index contributed by atoms with van der Waals surface area (Å²) in [6, 6.07) is 8.79. The number of rotatable bonds is 4. The largest absolute Gasteiger partial charge is 0.359 e. The second-order valence-corrected chi connectivity index (χ2v) is 6.24. The third-order valence-corrected chi connectivity index (χ3v) is 4.39. The SMILES string of the molecule is CSc1ccc(/C=N\NC(=S)NC2CCCCC2)cc1. The Balaban J connectivity index is 1.75. The normalized spacial score (nSPS) is 16.2. The van der Waals surface area contributed by atoms with Crippen LogP contribution in [0.25, 0.3) is 0 Å². The highest BCUT2D eigenvalue weighted by atomic mass is 32.2. The molecule has 1 aromatic rings. The van der Waals surface area contributed by atoms with Crippen LogP contribution in [-0.2, 0) is 0 Å². The Bertz CT molecular complexity index is 451. The molecule has 2 N–H and O–H groups in total. The number of thiocarbonyl (C=S) groups is 1. The predicted octanol–water partition coefficient (Wildman–Crippen LogP) is 3.54. The van der Waals surface area contributed by atoms with Crippen molar-refractivity contribution in [3.05, 3.63) is 29.8 Å². The molecule has 108 valence electrons. The second-order valence-electron chi connectivity index (χ2n) is 4.95. The highest BCUT2D eigenvalue weighted by Gasteiger charge is 2.13. The molecule has 0 radical (unpaired) electrons. The Morgan fingerprint density at radius 2 is 1.95 bits per heavy atom. The van der Waals surface area contributed by atoms with E-state index in [1.54, 1.807) is 18.0 Å². The van der Waals surface area contributed by atoms with Gasteiger partial charge in [-0.3, -0.25) is 5.43 Å². The van der Waals surface area contributed by atoms with Gasteiger partial charge in [0.15, 0.2) is 5.11 Å². The number of nitrogens with zero attached hydrogens (tertiary/aromatic N) is 1. The standard InChI is InChI=1S/C15H21N3S2/c1-20-14-9-7-12(8-10-14)11-16-18-15(19)17-13-5-3-2-4-6-13/h7-11,13H,2-6H2,1H3,(H2,17,18,19)/b16-11-. The minimum Gasteiger partial charge on any atom is -0.359 e. The fourth-order valence-electron chi connectivity index (χ4n) is 2.32. The highest BCUT2D eigenvalue weighted by molar-refractivity contribution is 7.98. The zero-order valence-electron chi connectivity index (χ0n) is 11.8. The molecule has 0 heterocycles. The van der Waals surface area contributed by atoms with E-state index in [0.29, 0.717) is 11.2 Å².